The molecule has 1 fully saturated rings. The molecule has 0 saturated heterocycles. The van der Waals surface area contributed by atoms with E-state index in [4.69, 9.17) is 0 Å². The van der Waals surface area contributed by atoms with Gasteiger partial charge in [0.1, 0.15) is 0 Å². The molecular formula is C17H15BrN4O. The Morgan fingerprint density at radius 1 is 1.22 bits per heavy atom. The molecule has 1 saturated carbocycles. The van der Waals surface area contributed by atoms with Crippen LogP contribution in [-0.4, -0.2) is 27.0 Å². The first-order valence-corrected chi connectivity index (χ1v) is 8.67. The van der Waals surface area contributed by atoms with Gasteiger partial charge in [-0.05, 0) is 30.5 Å². The molecule has 3 aromatic rings. The lowest BCUT2D eigenvalue weighted by Gasteiger charge is -2.10. The van der Waals surface area contributed by atoms with Crippen molar-refractivity contribution in [1.82, 2.24) is 14.6 Å². The van der Waals surface area contributed by atoms with Gasteiger partial charge < -0.3 is 0 Å². The third kappa shape index (κ3) is 2.63. The van der Waals surface area contributed by atoms with Gasteiger partial charge in [-0.15, -0.1) is 5.10 Å². The Hall–Kier alpha value is -2.21. The predicted octanol–water partition coefficient (Wildman–Crippen LogP) is 3.42. The third-order valence-corrected chi connectivity index (χ3v) is 4.68. The van der Waals surface area contributed by atoms with Gasteiger partial charge in [0.25, 0.3) is 5.95 Å². The van der Waals surface area contributed by atoms with E-state index in [2.05, 4.69) is 50.3 Å². The molecular weight excluding hydrogens is 356 g/mol. The maximum Gasteiger partial charge on any atom is 0.252 e. The molecule has 5 nitrogen and oxygen atoms in total. The summed E-state index contributed by atoms with van der Waals surface area (Å²) in [7, 11) is 0. The molecule has 0 radical (unpaired) electrons. The quantitative estimate of drug-likeness (QED) is 0.510. The molecule has 1 aromatic carbocycles. The average molecular weight is 371 g/mol. The molecule has 1 aliphatic rings. The maximum absolute atomic E-state index is 11.3. The number of anilines is 1. The van der Waals surface area contributed by atoms with Crippen LogP contribution < -0.4 is 4.90 Å². The summed E-state index contributed by atoms with van der Waals surface area (Å²) in [4.78, 5) is 17.5. The highest BCUT2D eigenvalue weighted by Gasteiger charge is 2.31. The van der Waals surface area contributed by atoms with Crippen molar-refractivity contribution in [2.24, 2.45) is 0 Å². The van der Waals surface area contributed by atoms with E-state index in [9.17, 15) is 4.79 Å². The van der Waals surface area contributed by atoms with Crippen LogP contribution in [0.2, 0.25) is 0 Å². The van der Waals surface area contributed by atoms with Crippen LogP contribution in [0.5, 0.6) is 0 Å². The van der Waals surface area contributed by atoms with Crippen molar-refractivity contribution in [2.75, 3.05) is 4.90 Å². The third-order valence-electron chi connectivity index (χ3n) is 4.04. The summed E-state index contributed by atoms with van der Waals surface area (Å²) in [6.45, 7) is 0. The number of carbonyl (C=O) groups is 1. The first kappa shape index (κ1) is 14.4. The monoisotopic (exact) mass is 370 g/mol. The zero-order valence-corrected chi connectivity index (χ0v) is 14.0. The van der Waals surface area contributed by atoms with Crippen molar-refractivity contribution >= 4 is 33.9 Å². The molecule has 0 aliphatic heterocycles. The van der Waals surface area contributed by atoms with E-state index in [1.54, 1.807) is 9.42 Å². The van der Waals surface area contributed by atoms with E-state index < -0.39 is 0 Å². The zero-order chi connectivity index (χ0) is 15.8. The van der Waals surface area contributed by atoms with E-state index in [1.165, 1.54) is 5.56 Å². The molecule has 23 heavy (non-hydrogen) atoms. The molecule has 116 valence electrons. The Labute approximate surface area is 142 Å². The van der Waals surface area contributed by atoms with Crippen LogP contribution in [0, 0.1) is 0 Å². The van der Waals surface area contributed by atoms with Gasteiger partial charge in [0, 0.05) is 16.9 Å². The summed E-state index contributed by atoms with van der Waals surface area (Å²) in [6.07, 6.45) is 2.88. The van der Waals surface area contributed by atoms with Gasteiger partial charge in [0.2, 0.25) is 6.41 Å². The summed E-state index contributed by atoms with van der Waals surface area (Å²) < 4.78 is 1.80. The number of pyridine rings is 1. The normalized spacial score (nSPS) is 14.1. The van der Waals surface area contributed by atoms with Crippen LogP contribution in [0.25, 0.3) is 16.9 Å². The lowest BCUT2D eigenvalue weighted by Crippen LogP contribution is -2.24. The smallest absolute Gasteiger partial charge is 0.252 e. The summed E-state index contributed by atoms with van der Waals surface area (Å²) in [6, 6.07) is 14.5. The average Bonchev–Trinajstić information content (AvgIpc) is 3.33. The predicted molar refractivity (Wildman–Crippen MR) is 92.6 cm³/mol. The summed E-state index contributed by atoms with van der Waals surface area (Å²) in [5, 5.41) is 5.39. The number of halogens is 1. The highest BCUT2D eigenvalue weighted by atomic mass is 79.9. The van der Waals surface area contributed by atoms with Crippen LogP contribution in [0.1, 0.15) is 18.4 Å². The number of rotatable bonds is 5. The summed E-state index contributed by atoms with van der Waals surface area (Å²) in [5.41, 5.74) is 4.00. The van der Waals surface area contributed by atoms with Gasteiger partial charge in [-0.3, -0.25) is 9.69 Å². The molecule has 2 aromatic heterocycles. The van der Waals surface area contributed by atoms with Crippen LogP contribution in [-0.2, 0) is 10.1 Å². The Bertz CT molecular complexity index is 855. The number of amides is 1. The molecule has 2 heterocycles. The summed E-state index contributed by atoms with van der Waals surface area (Å²) >= 11 is 3.46. The van der Waals surface area contributed by atoms with Gasteiger partial charge in [-0.1, -0.05) is 46.3 Å². The Morgan fingerprint density at radius 2 is 2.00 bits per heavy atom. The highest BCUT2D eigenvalue weighted by molar-refractivity contribution is 9.08. The van der Waals surface area contributed by atoms with Crippen LogP contribution in [0.15, 0.2) is 42.5 Å². The van der Waals surface area contributed by atoms with Crippen molar-refractivity contribution in [1.29, 1.82) is 0 Å². The fourth-order valence-corrected chi connectivity index (χ4v) is 3.01. The minimum absolute atomic E-state index is 0.256. The Kier molecular flexibility index (Phi) is 3.61. The van der Waals surface area contributed by atoms with E-state index in [-0.39, 0.29) is 6.04 Å². The number of hydrogen-bond acceptors (Lipinski definition) is 3. The summed E-state index contributed by atoms with van der Waals surface area (Å²) in [5.74, 6) is 0.479. The van der Waals surface area contributed by atoms with Gasteiger partial charge in [0.15, 0.2) is 5.65 Å². The number of benzene rings is 1. The fraction of sp³-hybridized carbons (Fsp3) is 0.235. The largest absolute Gasteiger partial charge is 0.279 e. The van der Waals surface area contributed by atoms with Crippen molar-refractivity contribution in [3.05, 3.63) is 48.0 Å². The molecule has 1 amide bonds. The maximum atomic E-state index is 11.3. The molecule has 6 heteroatoms. The van der Waals surface area contributed by atoms with Gasteiger partial charge in [0.05, 0.1) is 5.69 Å². The van der Waals surface area contributed by atoms with Crippen LogP contribution in [0.4, 0.5) is 5.95 Å². The fourth-order valence-electron chi connectivity index (χ4n) is 2.64. The van der Waals surface area contributed by atoms with Crippen molar-refractivity contribution in [3.63, 3.8) is 0 Å². The Morgan fingerprint density at radius 3 is 2.65 bits per heavy atom. The molecule has 0 N–H and O–H groups in total. The molecule has 0 bridgehead atoms. The number of carbonyl (C=O) groups excluding carboxylic acids is 1. The van der Waals surface area contributed by atoms with E-state index in [0.717, 1.165) is 41.5 Å². The number of nitrogens with zero attached hydrogens (tertiary/aromatic N) is 4. The van der Waals surface area contributed by atoms with Gasteiger partial charge in [-0.2, -0.15) is 4.98 Å². The van der Waals surface area contributed by atoms with E-state index >= 15 is 0 Å². The first-order valence-electron chi connectivity index (χ1n) is 7.55. The van der Waals surface area contributed by atoms with E-state index in [0.29, 0.717) is 5.95 Å². The van der Waals surface area contributed by atoms with E-state index in [1.807, 2.05) is 18.2 Å². The number of aromatic nitrogens is 3. The number of hydrogen-bond donors (Lipinski definition) is 0. The van der Waals surface area contributed by atoms with Gasteiger partial charge in [-0.25, -0.2) is 4.52 Å². The van der Waals surface area contributed by atoms with Crippen molar-refractivity contribution < 1.29 is 4.79 Å². The van der Waals surface area contributed by atoms with Gasteiger partial charge >= 0.3 is 0 Å². The second-order valence-electron chi connectivity index (χ2n) is 5.67. The second-order valence-corrected chi connectivity index (χ2v) is 6.23. The lowest BCUT2D eigenvalue weighted by molar-refractivity contribution is -0.107. The first-order chi connectivity index (χ1) is 11.3. The van der Waals surface area contributed by atoms with Crippen LogP contribution >= 0.6 is 15.9 Å². The number of fused-ring (bicyclic) bond motifs is 1. The topological polar surface area (TPSA) is 50.5 Å². The minimum atomic E-state index is 0.256. The minimum Gasteiger partial charge on any atom is -0.279 e. The zero-order valence-electron chi connectivity index (χ0n) is 12.4. The number of alkyl halides is 1. The molecule has 0 unspecified atom stereocenters. The standard InChI is InChI=1S/C17H15BrN4O/c18-10-12-4-6-13(7-5-12)15-2-1-3-16-19-17(20-22(15)16)21(11-23)14-8-9-14/h1-7,11,14H,8-10H2. The van der Waals surface area contributed by atoms with Crippen molar-refractivity contribution in [3.8, 4) is 11.3 Å². The second kappa shape index (κ2) is 5.77. The SMILES string of the molecule is O=CN(c1nc2cccc(-c3ccc(CBr)cc3)n2n1)C1CC1. The Balaban J connectivity index is 1.80. The molecule has 4 rings (SSSR count). The molecule has 1 aliphatic carbocycles. The van der Waals surface area contributed by atoms with Crippen molar-refractivity contribution in [2.45, 2.75) is 24.2 Å². The van der Waals surface area contributed by atoms with Crippen LogP contribution in [0.3, 0.4) is 0 Å². The lowest BCUT2D eigenvalue weighted by atomic mass is 10.1. The molecule has 0 atom stereocenters. The highest BCUT2D eigenvalue weighted by Crippen LogP contribution is 2.29. The molecule has 0 spiro atoms.